The molecule has 0 spiro atoms. The van der Waals surface area contributed by atoms with Crippen molar-refractivity contribution >= 4 is 23.0 Å². The number of anilines is 3. The van der Waals surface area contributed by atoms with Crippen LogP contribution in [-0.4, -0.2) is 25.7 Å². The number of nitrogen functional groups attached to an aromatic ring is 1. The van der Waals surface area contributed by atoms with Crippen molar-refractivity contribution in [3.63, 3.8) is 0 Å². The summed E-state index contributed by atoms with van der Waals surface area (Å²) in [7, 11) is 0. The van der Waals surface area contributed by atoms with E-state index in [-0.39, 0.29) is 5.57 Å². The van der Waals surface area contributed by atoms with Gasteiger partial charge in [0.05, 0.1) is 0 Å². The largest absolute Gasteiger partial charge is 0.399 e. The van der Waals surface area contributed by atoms with Crippen molar-refractivity contribution in [3.05, 3.63) is 66.4 Å². The molecule has 0 aromatic heterocycles. The minimum absolute atomic E-state index is 0.0255. The number of nitrogens with one attached hydrogen (secondary N) is 1. The standard InChI is InChI=1S/C23H28N4O2/c1-2-3-15-29-16-7-14-26-23(28)19(17-24)18-27(21-8-5-4-6-9-21)22-12-10-20(25)11-13-22/h4-6,8-13,18H,2-3,7,14-16,25H2,1H3,(H,26,28)/b19-18-. The number of nitrogens with two attached hydrogens (primary N) is 1. The van der Waals surface area contributed by atoms with Gasteiger partial charge in [0, 0.05) is 43.0 Å². The predicted molar refractivity (Wildman–Crippen MR) is 116 cm³/mol. The number of rotatable bonds is 11. The number of ether oxygens (including phenoxy) is 1. The minimum Gasteiger partial charge on any atom is -0.399 e. The first-order chi connectivity index (χ1) is 14.2. The van der Waals surface area contributed by atoms with Gasteiger partial charge >= 0.3 is 0 Å². The van der Waals surface area contributed by atoms with Gasteiger partial charge in [0.15, 0.2) is 0 Å². The number of nitriles is 1. The van der Waals surface area contributed by atoms with Crippen LogP contribution in [0.3, 0.4) is 0 Å². The second-order valence-electron chi connectivity index (χ2n) is 6.53. The third-order valence-corrected chi connectivity index (χ3v) is 4.22. The highest BCUT2D eigenvalue weighted by Gasteiger charge is 2.13. The van der Waals surface area contributed by atoms with Crippen LogP contribution < -0.4 is 16.0 Å². The maximum atomic E-state index is 12.5. The number of unbranched alkanes of at least 4 members (excludes halogenated alkanes) is 1. The van der Waals surface area contributed by atoms with Gasteiger partial charge in [-0.3, -0.25) is 4.79 Å². The Balaban J connectivity index is 2.08. The second-order valence-corrected chi connectivity index (χ2v) is 6.53. The maximum absolute atomic E-state index is 12.5. The molecule has 0 aliphatic heterocycles. The molecule has 0 atom stereocenters. The Bertz CT molecular complexity index is 826. The fourth-order valence-corrected chi connectivity index (χ4v) is 2.61. The SMILES string of the molecule is CCCCOCCCNC(=O)/C(C#N)=C\N(c1ccccc1)c1ccc(N)cc1. The van der Waals surface area contributed by atoms with Crippen LogP contribution in [0.1, 0.15) is 26.2 Å². The van der Waals surface area contributed by atoms with Gasteiger partial charge in [-0.1, -0.05) is 31.5 Å². The number of nitrogens with zero attached hydrogens (tertiary/aromatic N) is 2. The summed E-state index contributed by atoms with van der Waals surface area (Å²) in [5.41, 5.74) is 8.09. The first-order valence-electron chi connectivity index (χ1n) is 9.83. The smallest absolute Gasteiger partial charge is 0.263 e. The quantitative estimate of drug-likeness (QED) is 0.260. The zero-order valence-corrected chi connectivity index (χ0v) is 16.8. The molecule has 2 aromatic rings. The van der Waals surface area contributed by atoms with Gasteiger partial charge in [-0.05, 0) is 49.2 Å². The van der Waals surface area contributed by atoms with Crippen LogP contribution in [-0.2, 0) is 9.53 Å². The molecule has 0 radical (unpaired) electrons. The molecule has 0 aliphatic carbocycles. The van der Waals surface area contributed by atoms with E-state index < -0.39 is 5.91 Å². The molecule has 29 heavy (non-hydrogen) atoms. The van der Waals surface area contributed by atoms with E-state index in [0.29, 0.717) is 25.3 Å². The summed E-state index contributed by atoms with van der Waals surface area (Å²) < 4.78 is 5.48. The highest BCUT2D eigenvalue weighted by atomic mass is 16.5. The van der Waals surface area contributed by atoms with Gasteiger partial charge in [-0.25, -0.2) is 0 Å². The Morgan fingerprint density at radius 2 is 1.76 bits per heavy atom. The molecule has 0 saturated carbocycles. The molecule has 6 nitrogen and oxygen atoms in total. The van der Waals surface area contributed by atoms with Crippen LogP contribution in [0.4, 0.5) is 17.1 Å². The molecule has 6 heteroatoms. The Labute approximate surface area is 172 Å². The van der Waals surface area contributed by atoms with E-state index >= 15 is 0 Å². The molecule has 0 heterocycles. The Kier molecular flexibility index (Phi) is 9.26. The van der Waals surface area contributed by atoms with Crippen molar-refractivity contribution in [1.29, 1.82) is 5.26 Å². The van der Waals surface area contributed by atoms with Crippen LogP contribution in [0.2, 0.25) is 0 Å². The number of hydrogen-bond acceptors (Lipinski definition) is 5. The number of carbonyl (C=O) groups excluding carboxylic acids is 1. The molecule has 3 N–H and O–H groups in total. The van der Waals surface area contributed by atoms with Crippen LogP contribution in [0.5, 0.6) is 0 Å². The van der Waals surface area contributed by atoms with Crippen LogP contribution in [0.15, 0.2) is 66.4 Å². The monoisotopic (exact) mass is 392 g/mol. The van der Waals surface area contributed by atoms with E-state index in [4.69, 9.17) is 10.5 Å². The third kappa shape index (κ3) is 7.32. The summed E-state index contributed by atoms with van der Waals surface area (Å²) in [6.45, 7) is 3.90. The van der Waals surface area contributed by atoms with E-state index in [1.165, 1.54) is 0 Å². The average molecular weight is 393 g/mol. The molecule has 0 unspecified atom stereocenters. The highest BCUT2D eigenvalue weighted by molar-refractivity contribution is 5.98. The fraction of sp³-hybridized carbons (Fsp3) is 0.304. The maximum Gasteiger partial charge on any atom is 0.263 e. The highest BCUT2D eigenvalue weighted by Crippen LogP contribution is 2.27. The number of hydrogen-bond donors (Lipinski definition) is 2. The normalized spacial score (nSPS) is 11.0. The molecule has 0 saturated heterocycles. The Hall–Kier alpha value is -3.30. The van der Waals surface area contributed by atoms with Gasteiger partial charge in [0.1, 0.15) is 11.6 Å². The molecule has 2 rings (SSSR count). The van der Waals surface area contributed by atoms with Gasteiger partial charge in [0.2, 0.25) is 0 Å². The van der Waals surface area contributed by atoms with Crippen molar-refractivity contribution < 1.29 is 9.53 Å². The molecule has 0 aliphatic rings. The van der Waals surface area contributed by atoms with Crippen molar-refractivity contribution in [3.8, 4) is 6.07 Å². The average Bonchev–Trinajstić information content (AvgIpc) is 2.75. The van der Waals surface area contributed by atoms with Crippen molar-refractivity contribution in [2.75, 3.05) is 30.4 Å². The summed E-state index contributed by atoms with van der Waals surface area (Å²) in [6.07, 6.45) is 4.38. The predicted octanol–water partition coefficient (Wildman–Crippen LogP) is 4.14. The molecule has 0 bridgehead atoms. The Morgan fingerprint density at radius 3 is 2.41 bits per heavy atom. The second kappa shape index (κ2) is 12.2. The van der Waals surface area contributed by atoms with Crippen molar-refractivity contribution in [1.82, 2.24) is 5.32 Å². The summed E-state index contributed by atoms with van der Waals surface area (Å²) >= 11 is 0. The first kappa shape index (κ1) is 22.0. The van der Waals surface area contributed by atoms with Crippen LogP contribution in [0.25, 0.3) is 0 Å². The zero-order chi connectivity index (χ0) is 20.9. The first-order valence-corrected chi connectivity index (χ1v) is 9.83. The van der Waals surface area contributed by atoms with Gasteiger partial charge in [0.25, 0.3) is 5.91 Å². The number of amides is 1. The number of para-hydroxylation sites is 1. The number of carbonyl (C=O) groups is 1. The molecular formula is C23H28N4O2. The van der Waals surface area contributed by atoms with E-state index in [1.54, 1.807) is 23.2 Å². The lowest BCUT2D eigenvalue weighted by Gasteiger charge is -2.21. The molecule has 0 fully saturated rings. The Morgan fingerprint density at radius 1 is 1.10 bits per heavy atom. The van der Waals surface area contributed by atoms with Crippen molar-refractivity contribution in [2.24, 2.45) is 0 Å². The minimum atomic E-state index is -0.405. The zero-order valence-electron chi connectivity index (χ0n) is 16.8. The molecule has 1 amide bonds. The third-order valence-electron chi connectivity index (χ3n) is 4.22. The van der Waals surface area contributed by atoms with Crippen molar-refractivity contribution in [2.45, 2.75) is 26.2 Å². The summed E-state index contributed by atoms with van der Waals surface area (Å²) in [5, 5.41) is 12.3. The summed E-state index contributed by atoms with van der Waals surface area (Å²) in [6, 6.07) is 18.8. The lowest BCUT2D eigenvalue weighted by Crippen LogP contribution is -2.27. The summed E-state index contributed by atoms with van der Waals surface area (Å²) in [5.74, 6) is -0.405. The van der Waals surface area contributed by atoms with E-state index in [2.05, 4.69) is 12.2 Å². The summed E-state index contributed by atoms with van der Waals surface area (Å²) in [4.78, 5) is 14.3. The fourth-order valence-electron chi connectivity index (χ4n) is 2.61. The molecule has 152 valence electrons. The van der Waals surface area contributed by atoms with Crippen LogP contribution >= 0.6 is 0 Å². The lowest BCUT2D eigenvalue weighted by molar-refractivity contribution is -0.117. The lowest BCUT2D eigenvalue weighted by atomic mass is 10.2. The van der Waals surface area contributed by atoms with Gasteiger partial charge in [-0.15, -0.1) is 0 Å². The van der Waals surface area contributed by atoms with E-state index in [1.807, 2.05) is 48.5 Å². The number of benzene rings is 2. The topological polar surface area (TPSA) is 91.4 Å². The van der Waals surface area contributed by atoms with Crippen LogP contribution in [0, 0.1) is 11.3 Å². The van der Waals surface area contributed by atoms with E-state index in [0.717, 1.165) is 30.8 Å². The van der Waals surface area contributed by atoms with E-state index in [9.17, 15) is 10.1 Å². The molecular weight excluding hydrogens is 364 g/mol. The van der Waals surface area contributed by atoms with Gasteiger partial charge < -0.3 is 20.7 Å². The van der Waals surface area contributed by atoms with Gasteiger partial charge in [-0.2, -0.15) is 5.26 Å². The molecule has 2 aromatic carbocycles.